The Morgan fingerprint density at radius 1 is 0.478 bits per heavy atom. The third kappa shape index (κ3) is 2.81. The number of benzene rings is 7. The monoisotopic (exact) mass is 605 g/mol. The van der Waals surface area contributed by atoms with Crippen LogP contribution in [0, 0.1) is 0 Å². The van der Waals surface area contributed by atoms with Gasteiger partial charge in [0.2, 0.25) is 0 Å². The van der Waals surface area contributed by atoms with Crippen molar-refractivity contribution in [1.82, 2.24) is 4.57 Å². The number of nitrogens with zero attached hydrogens (tertiary/aromatic N) is 1. The second kappa shape index (κ2) is 8.07. The molecular weight excluding hydrogens is 575 g/mol. The molecule has 218 valence electrons. The van der Waals surface area contributed by atoms with Gasteiger partial charge >= 0.3 is 0 Å². The van der Waals surface area contributed by atoms with Crippen LogP contribution >= 0.6 is 11.3 Å². The Hall–Kier alpha value is -4.92. The van der Waals surface area contributed by atoms with Gasteiger partial charge in [0.15, 0.2) is 0 Å². The molecule has 11 rings (SSSR count). The van der Waals surface area contributed by atoms with Gasteiger partial charge in [-0.05, 0) is 80.2 Å². The highest BCUT2D eigenvalue weighted by atomic mass is 32.1. The number of hydrogen-bond donors (Lipinski definition) is 0. The lowest BCUT2D eigenvalue weighted by Crippen LogP contribution is -2.15. The summed E-state index contributed by atoms with van der Waals surface area (Å²) in [7, 11) is 0. The molecule has 2 heterocycles. The standard InChI is InChI=1S/C44H31NS/c1-43(2)33-14-8-5-11-25(33)27-18-17-24(21-35(27)43)45-36-22-31-26-12-6-9-15-34(26)44(3,4)41(31)29-19-20-30-40(39(29)36)37(45)23-32-28-13-7-10-16-38(28)46-42(30)32/h5-23H,1-4H3. The third-order valence-corrected chi connectivity index (χ3v) is 12.7. The molecule has 0 unspecified atom stereocenters. The van der Waals surface area contributed by atoms with Crippen molar-refractivity contribution in [2.45, 2.75) is 38.5 Å². The van der Waals surface area contributed by atoms with Gasteiger partial charge in [0.05, 0.1) is 11.0 Å². The van der Waals surface area contributed by atoms with E-state index < -0.39 is 0 Å². The maximum atomic E-state index is 2.59. The summed E-state index contributed by atoms with van der Waals surface area (Å²) in [5, 5.41) is 8.25. The van der Waals surface area contributed by atoms with Crippen LogP contribution < -0.4 is 0 Å². The van der Waals surface area contributed by atoms with Crippen LogP contribution in [0.5, 0.6) is 0 Å². The molecule has 2 aromatic heterocycles. The zero-order valence-electron chi connectivity index (χ0n) is 26.3. The van der Waals surface area contributed by atoms with E-state index in [1.165, 1.54) is 103 Å². The summed E-state index contributed by atoms with van der Waals surface area (Å²) < 4.78 is 5.33. The summed E-state index contributed by atoms with van der Waals surface area (Å²) in [4.78, 5) is 0. The molecule has 0 saturated carbocycles. The Morgan fingerprint density at radius 2 is 1.11 bits per heavy atom. The lowest BCUT2D eigenvalue weighted by molar-refractivity contribution is 0.660. The van der Waals surface area contributed by atoms with E-state index in [0.29, 0.717) is 0 Å². The van der Waals surface area contributed by atoms with E-state index in [1.807, 2.05) is 11.3 Å². The van der Waals surface area contributed by atoms with E-state index in [-0.39, 0.29) is 10.8 Å². The maximum absolute atomic E-state index is 2.59. The zero-order valence-corrected chi connectivity index (χ0v) is 27.1. The Bertz CT molecular complexity index is 2800. The number of thiophene rings is 1. The van der Waals surface area contributed by atoms with E-state index in [2.05, 4.69) is 148 Å². The summed E-state index contributed by atoms with van der Waals surface area (Å²) >= 11 is 1.93. The predicted molar refractivity (Wildman–Crippen MR) is 197 cm³/mol. The fourth-order valence-electron chi connectivity index (χ4n) is 9.45. The van der Waals surface area contributed by atoms with E-state index in [1.54, 1.807) is 0 Å². The van der Waals surface area contributed by atoms with Crippen molar-refractivity contribution in [2.24, 2.45) is 0 Å². The first-order chi connectivity index (χ1) is 22.3. The largest absolute Gasteiger partial charge is 0.309 e. The van der Waals surface area contributed by atoms with E-state index in [9.17, 15) is 0 Å². The van der Waals surface area contributed by atoms with Gasteiger partial charge in [-0.3, -0.25) is 0 Å². The average Bonchev–Trinajstić information content (AvgIpc) is 3.75. The third-order valence-electron chi connectivity index (χ3n) is 11.5. The van der Waals surface area contributed by atoms with Gasteiger partial charge in [-0.1, -0.05) is 113 Å². The molecule has 46 heavy (non-hydrogen) atoms. The lowest BCUT2D eigenvalue weighted by atomic mass is 9.79. The van der Waals surface area contributed by atoms with Crippen molar-refractivity contribution >= 4 is 64.1 Å². The van der Waals surface area contributed by atoms with Crippen LogP contribution in [0.1, 0.15) is 49.9 Å². The topological polar surface area (TPSA) is 4.93 Å². The van der Waals surface area contributed by atoms with E-state index >= 15 is 0 Å². The summed E-state index contributed by atoms with van der Waals surface area (Å²) in [5.41, 5.74) is 14.9. The molecule has 1 nitrogen and oxygen atoms in total. The number of fused-ring (bicyclic) bond motifs is 11. The predicted octanol–water partition coefficient (Wildman–Crippen LogP) is 12.4. The van der Waals surface area contributed by atoms with Crippen LogP contribution in [0.15, 0.2) is 115 Å². The fourth-order valence-corrected chi connectivity index (χ4v) is 10.7. The molecule has 0 bridgehead atoms. The van der Waals surface area contributed by atoms with Gasteiger partial charge < -0.3 is 4.57 Å². The molecule has 0 atom stereocenters. The minimum atomic E-state index is -0.0726. The molecule has 7 aromatic carbocycles. The summed E-state index contributed by atoms with van der Waals surface area (Å²) in [6.45, 7) is 9.59. The minimum absolute atomic E-state index is 0.0619. The zero-order chi connectivity index (χ0) is 30.7. The highest BCUT2D eigenvalue weighted by molar-refractivity contribution is 7.26. The highest BCUT2D eigenvalue weighted by Crippen LogP contribution is 2.56. The second-order valence-corrected chi connectivity index (χ2v) is 15.6. The molecule has 0 fully saturated rings. The number of aromatic nitrogens is 1. The van der Waals surface area contributed by atoms with Crippen molar-refractivity contribution in [3.05, 3.63) is 138 Å². The molecule has 0 spiro atoms. The molecular formula is C44H31NS. The van der Waals surface area contributed by atoms with Crippen LogP contribution in [-0.2, 0) is 10.8 Å². The van der Waals surface area contributed by atoms with Crippen molar-refractivity contribution < 1.29 is 0 Å². The Kier molecular flexibility index (Phi) is 4.44. The van der Waals surface area contributed by atoms with Crippen LogP contribution in [0.3, 0.4) is 0 Å². The first-order valence-electron chi connectivity index (χ1n) is 16.4. The van der Waals surface area contributed by atoms with E-state index in [0.717, 1.165) is 0 Å². The molecule has 2 heteroatoms. The van der Waals surface area contributed by atoms with Crippen molar-refractivity contribution in [1.29, 1.82) is 0 Å². The first kappa shape index (κ1) is 25.3. The van der Waals surface area contributed by atoms with Crippen LogP contribution in [0.4, 0.5) is 0 Å². The number of hydrogen-bond acceptors (Lipinski definition) is 1. The molecule has 9 aromatic rings. The van der Waals surface area contributed by atoms with Gasteiger partial charge in [0.25, 0.3) is 0 Å². The van der Waals surface area contributed by atoms with Crippen molar-refractivity contribution in [3.8, 4) is 27.9 Å². The van der Waals surface area contributed by atoms with Gasteiger partial charge in [-0.15, -0.1) is 11.3 Å². The van der Waals surface area contributed by atoms with Crippen LogP contribution in [0.2, 0.25) is 0 Å². The van der Waals surface area contributed by atoms with Gasteiger partial charge in [-0.2, -0.15) is 0 Å². The van der Waals surface area contributed by atoms with Gasteiger partial charge in [0, 0.05) is 52.8 Å². The van der Waals surface area contributed by atoms with Crippen molar-refractivity contribution in [2.75, 3.05) is 0 Å². The smallest absolute Gasteiger partial charge is 0.0554 e. The quantitative estimate of drug-likeness (QED) is 0.164. The average molecular weight is 606 g/mol. The maximum Gasteiger partial charge on any atom is 0.0554 e. The molecule has 0 aliphatic heterocycles. The molecule has 2 aliphatic carbocycles. The Balaban J connectivity index is 1.33. The number of rotatable bonds is 1. The molecule has 0 radical (unpaired) electrons. The van der Waals surface area contributed by atoms with Crippen LogP contribution in [-0.4, -0.2) is 4.57 Å². The minimum Gasteiger partial charge on any atom is -0.309 e. The van der Waals surface area contributed by atoms with E-state index in [4.69, 9.17) is 0 Å². The Morgan fingerprint density at radius 3 is 1.93 bits per heavy atom. The molecule has 0 N–H and O–H groups in total. The fraction of sp³-hybridized carbons (Fsp3) is 0.136. The second-order valence-electron chi connectivity index (χ2n) is 14.5. The molecule has 0 saturated heterocycles. The van der Waals surface area contributed by atoms with Crippen molar-refractivity contribution in [3.63, 3.8) is 0 Å². The summed E-state index contributed by atoms with van der Waals surface area (Å²) in [6, 6.07) is 44.0. The highest BCUT2D eigenvalue weighted by Gasteiger charge is 2.39. The van der Waals surface area contributed by atoms with Gasteiger partial charge in [-0.25, -0.2) is 0 Å². The SMILES string of the molecule is CC1(C)c2ccccc2-c2ccc(-n3c4cc5c(c6ccc7c8sc9ccccc9c8cc3c7c64)C(C)(C)c3ccccc3-5)cc21. The molecule has 0 amide bonds. The normalized spacial score (nSPS) is 15.7. The first-order valence-corrected chi connectivity index (χ1v) is 17.2. The van der Waals surface area contributed by atoms with Gasteiger partial charge in [0.1, 0.15) is 0 Å². The Labute approximate surface area is 271 Å². The summed E-state index contributed by atoms with van der Waals surface area (Å²) in [6.07, 6.45) is 0. The molecule has 2 aliphatic rings. The summed E-state index contributed by atoms with van der Waals surface area (Å²) in [5.74, 6) is 0. The van der Waals surface area contributed by atoms with Crippen LogP contribution in [0.25, 0.3) is 80.7 Å². The lowest BCUT2D eigenvalue weighted by Gasteiger charge is -2.23.